The molecule has 0 heterocycles. The Morgan fingerprint density at radius 1 is 0.783 bits per heavy atom. The molecule has 2 rings (SSSR count). The molecule has 0 bridgehead atoms. The van der Waals surface area contributed by atoms with E-state index in [1.165, 1.54) is 11.5 Å². The van der Waals surface area contributed by atoms with Crippen molar-refractivity contribution in [2.75, 3.05) is 0 Å². The van der Waals surface area contributed by atoms with Crippen molar-refractivity contribution >= 4 is 7.37 Å². The van der Waals surface area contributed by atoms with Crippen LogP contribution in [0.3, 0.4) is 0 Å². The van der Waals surface area contributed by atoms with E-state index in [-0.39, 0.29) is 0 Å². The molecule has 0 aliphatic heterocycles. The molecule has 0 aromatic heterocycles. The maximum absolute atomic E-state index is 4.29. The predicted molar refractivity (Wildman–Crippen MR) is 105 cm³/mol. The zero-order chi connectivity index (χ0) is 17.7. The standard InChI is InChI=1S/2C9H13.C3H6.H3Si.Zr/c2*1-6-5-7(2)9(4)8(6)3;1-3-2;;/h2*6H,1-4H3;1-3H2;1H3;. The Morgan fingerprint density at radius 2 is 1.13 bits per heavy atom. The van der Waals surface area contributed by atoms with E-state index >= 15 is 0 Å². The second-order valence-electron chi connectivity index (χ2n) is 8.07. The molecule has 0 amide bonds. The molecule has 2 aliphatic carbocycles. The van der Waals surface area contributed by atoms with Crippen LogP contribution in [0.4, 0.5) is 0 Å². The van der Waals surface area contributed by atoms with Crippen molar-refractivity contribution < 1.29 is 19.4 Å². The molecule has 2 unspecified atom stereocenters. The van der Waals surface area contributed by atoms with E-state index in [0.717, 1.165) is 6.42 Å². The van der Waals surface area contributed by atoms with Gasteiger partial charge >= 0.3 is 151 Å². The molecule has 0 saturated heterocycles. The number of allylic oxidation sites excluding steroid dienone is 8. The Labute approximate surface area is 151 Å². The number of hydrogen-bond donors (Lipinski definition) is 0. The van der Waals surface area contributed by atoms with Gasteiger partial charge in [0.2, 0.25) is 0 Å². The third-order valence-corrected chi connectivity index (χ3v) is 29.6. The Kier molecular flexibility index (Phi) is 5.69. The quantitative estimate of drug-likeness (QED) is 0.534. The van der Waals surface area contributed by atoms with E-state index in [9.17, 15) is 0 Å². The monoisotopic (exact) mass is 405 g/mol. The van der Waals surface area contributed by atoms with Crippen LogP contribution in [0.2, 0.25) is 4.13 Å². The first kappa shape index (κ1) is 19.4. The topological polar surface area (TPSA) is 0 Å². The molecule has 2 atom stereocenters. The third-order valence-electron chi connectivity index (χ3n) is 7.15. The van der Waals surface area contributed by atoms with Crippen LogP contribution in [0.25, 0.3) is 0 Å². The van der Waals surface area contributed by atoms with E-state index < -0.39 is 19.4 Å². The normalized spacial score (nSPS) is 28.6. The Balaban J connectivity index is 2.65. The first-order valence-corrected chi connectivity index (χ1v) is 21.7. The van der Waals surface area contributed by atoms with Crippen LogP contribution < -0.4 is 0 Å². The average Bonchev–Trinajstić information content (AvgIpc) is 2.81. The second-order valence-corrected chi connectivity index (χ2v) is 28.6. The summed E-state index contributed by atoms with van der Waals surface area (Å²) >= 11 is -2.48. The van der Waals surface area contributed by atoms with Gasteiger partial charge in [-0.15, -0.1) is 0 Å². The van der Waals surface area contributed by atoms with Gasteiger partial charge in [-0.05, 0) is 0 Å². The van der Waals surface area contributed by atoms with Crippen LogP contribution in [0.15, 0.2) is 40.0 Å². The summed E-state index contributed by atoms with van der Waals surface area (Å²) in [6, 6.07) is 0. The zero-order valence-corrected chi connectivity index (χ0v) is 21.2. The van der Waals surface area contributed by atoms with Gasteiger partial charge in [0, 0.05) is 0 Å². The Bertz CT molecular complexity index is 605. The molecule has 127 valence electrons. The fraction of sp³-hybridized carbons (Fsp3) is 0.571. The van der Waals surface area contributed by atoms with Crippen LogP contribution in [0, 0.1) is 18.8 Å². The molecule has 23 heavy (non-hydrogen) atoms. The summed E-state index contributed by atoms with van der Waals surface area (Å²) in [5.74, 6) is 1.37. The predicted octanol–water partition coefficient (Wildman–Crippen LogP) is 5.58. The fourth-order valence-corrected chi connectivity index (χ4v) is 31.5. The summed E-state index contributed by atoms with van der Waals surface area (Å²) in [6.45, 7) is 23.5. The SMILES string of the molecule is [CH2]C[CH2][Zr]([SiH3])([C]1=C(C)C(C)=C(C)C1C)[C]1=C(C)C(C)=C(C)C1C. The molecule has 0 N–H and O–H groups in total. The fourth-order valence-electron chi connectivity index (χ4n) is 5.28. The minimum atomic E-state index is -2.48. The molecular weight excluding hydrogens is 372 g/mol. The van der Waals surface area contributed by atoms with Crippen LogP contribution in [-0.4, -0.2) is 7.37 Å². The van der Waals surface area contributed by atoms with Gasteiger partial charge < -0.3 is 0 Å². The van der Waals surface area contributed by atoms with Gasteiger partial charge in [0.15, 0.2) is 0 Å². The summed E-state index contributed by atoms with van der Waals surface area (Å²) in [7, 11) is 1.38. The van der Waals surface area contributed by atoms with Gasteiger partial charge in [-0.1, -0.05) is 0 Å². The Morgan fingerprint density at radius 3 is 1.35 bits per heavy atom. The minimum absolute atomic E-state index is 0.684. The molecule has 0 fully saturated rings. The summed E-state index contributed by atoms with van der Waals surface area (Å²) in [6.07, 6.45) is 1.11. The van der Waals surface area contributed by atoms with Crippen molar-refractivity contribution in [2.24, 2.45) is 11.8 Å². The molecule has 0 saturated carbocycles. The van der Waals surface area contributed by atoms with E-state index in [0.29, 0.717) is 11.8 Å². The molecule has 2 aliphatic rings. The van der Waals surface area contributed by atoms with E-state index in [1.54, 1.807) is 33.4 Å². The van der Waals surface area contributed by atoms with Gasteiger partial charge in [-0.2, -0.15) is 0 Å². The van der Waals surface area contributed by atoms with Crippen molar-refractivity contribution in [3.8, 4) is 0 Å². The van der Waals surface area contributed by atoms with E-state index in [2.05, 4.69) is 62.3 Å². The number of rotatable bonds is 4. The Hall–Kier alpha value is 0.0600. The summed E-state index contributed by atoms with van der Waals surface area (Å²) in [5, 5.41) is 0. The van der Waals surface area contributed by atoms with E-state index in [1.807, 2.05) is 6.56 Å². The third kappa shape index (κ3) is 2.82. The average molecular weight is 407 g/mol. The second kappa shape index (κ2) is 6.75. The van der Waals surface area contributed by atoms with Gasteiger partial charge in [-0.3, -0.25) is 0 Å². The molecule has 0 spiro atoms. The molecule has 1 radical (unpaired) electrons. The van der Waals surface area contributed by atoms with Crippen molar-refractivity contribution in [3.63, 3.8) is 0 Å². The van der Waals surface area contributed by atoms with Gasteiger partial charge in [0.05, 0.1) is 0 Å². The van der Waals surface area contributed by atoms with Crippen molar-refractivity contribution in [2.45, 2.75) is 65.9 Å². The van der Waals surface area contributed by atoms with Crippen LogP contribution >= 0.6 is 0 Å². The molecular formula is C21H35SiZr. The van der Waals surface area contributed by atoms with Crippen molar-refractivity contribution in [1.29, 1.82) is 0 Å². The van der Waals surface area contributed by atoms with Crippen molar-refractivity contribution in [1.82, 2.24) is 0 Å². The number of hydrogen-bond acceptors (Lipinski definition) is 0. The molecule has 0 aromatic carbocycles. The van der Waals surface area contributed by atoms with Gasteiger partial charge in [-0.25, -0.2) is 0 Å². The van der Waals surface area contributed by atoms with Gasteiger partial charge in [0.1, 0.15) is 0 Å². The maximum atomic E-state index is 4.29. The van der Waals surface area contributed by atoms with Crippen LogP contribution in [0.5, 0.6) is 0 Å². The van der Waals surface area contributed by atoms with Crippen molar-refractivity contribution in [3.05, 3.63) is 46.9 Å². The summed E-state index contributed by atoms with van der Waals surface area (Å²) in [4.78, 5) is 0. The molecule has 2 heteroatoms. The van der Waals surface area contributed by atoms with Crippen LogP contribution in [-0.2, 0) is 19.4 Å². The molecule has 0 aromatic rings. The first-order chi connectivity index (χ1) is 10.6. The van der Waals surface area contributed by atoms with E-state index in [4.69, 9.17) is 0 Å². The summed E-state index contributed by atoms with van der Waals surface area (Å²) < 4.78 is 5.26. The zero-order valence-electron chi connectivity index (χ0n) is 16.8. The summed E-state index contributed by atoms with van der Waals surface area (Å²) in [5.41, 5.74) is 9.73. The first-order valence-electron chi connectivity index (χ1n) is 9.16. The molecule has 0 nitrogen and oxygen atoms in total. The van der Waals surface area contributed by atoms with Gasteiger partial charge in [0.25, 0.3) is 0 Å². The van der Waals surface area contributed by atoms with Crippen LogP contribution in [0.1, 0.15) is 61.8 Å².